The molecule has 5 nitrogen and oxygen atoms in total. The first-order chi connectivity index (χ1) is 10.1. The van der Waals surface area contributed by atoms with E-state index in [1.54, 1.807) is 24.3 Å². The van der Waals surface area contributed by atoms with Gasteiger partial charge >= 0.3 is 5.97 Å². The second-order valence-corrected chi connectivity index (χ2v) is 4.39. The van der Waals surface area contributed by atoms with Crippen LogP contribution in [0.4, 0.5) is 15.9 Å². The smallest absolute Gasteiger partial charge is 0.356 e. The third-order valence-electron chi connectivity index (χ3n) is 2.97. The number of ether oxygens (including phenoxy) is 1. The number of nitrogens with zero attached hydrogens (tertiary/aromatic N) is 1. The highest BCUT2D eigenvalue weighted by Gasteiger charge is 2.10. The van der Waals surface area contributed by atoms with E-state index in [0.29, 0.717) is 30.0 Å². The summed E-state index contributed by atoms with van der Waals surface area (Å²) >= 11 is 0. The van der Waals surface area contributed by atoms with E-state index in [-0.39, 0.29) is 11.5 Å². The molecule has 0 amide bonds. The fourth-order valence-corrected chi connectivity index (χ4v) is 1.85. The molecular weight excluding hydrogens is 273 g/mol. The lowest BCUT2D eigenvalue weighted by Crippen LogP contribution is -2.12. The Bertz CT molecular complexity index is 647. The summed E-state index contributed by atoms with van der Waals surface area (Å²) in [6.45, 7) is 0.447. The number of aromatic nitrogens is 1. The molecule has 1 aromatic carbocycles. The van der Waals surface area contributed by atoms with E-state index in [0.717, 1.165) is 0 Å². The molecule has 0 aliphatic carbocycles. The van der Waals surface area contributed by atoms with Crippen LogP contribution in [0.5, 0.6) is 0 Å². The lowest BCUT2D eigenvalue weighted by Gasteiger charge is -2.10. The average molecular weight is 289 g/mol. The second-order valence-electron chi connectivity index (χ2n) is 4.39. The monoisotopic (exact) mass is 289 g/mol. The van der Waals surface area contributed by atoms with E-state index >= 15 is 0 Å². The van der Waals surface area contributed by atoms with Crippen LogP contribution < -0.4 is 11.1 Å². The van der Waals surface area contributed by atoms with Crippen LogP contribution in [0.15, 0.2) is 36.4 Å². The van der Waals surface area contributed by atoms with Gasteiger partial charge in [0.2, 0.25) is 0 Å². The van der Waals surface area contributed by atoms with E-state index in [1.165, 1.54) is 19.2 Å². The minimum absolute atomic E-state index is 0.167. The summed E-state index contributed by atoms with van der Waals surface area (Å²) in [5.41, 5.74) is 6.97. The number of anilines is 2. The molecule has 3 N–H and O–H groups in total. The van der Waals surface area contributed by atoms with Gasteiger partial charge in [0, 0.05) is 6.54 Å². The topological polar surface area (TPSA) is 77.2 Å². The summed E-state index contributed by atoms with van der Waals surface area (Å²) in [5.74, 6) is -0.398. The lowest BCUT2D eigenvalue weighted by atomic mass is 10.1. The summed E-state index contributed by atoms with van der Waals surface area (Å²) in [6.07, 6.45) is 0.482. The van der Waals surface area contributed by atoms with Crippen LogP contribution >= 0.6 is 0 Å². The van der Waals surface area contributed by atoms with E-state index < -0.39 is 5.97 Å². The number of rotatable bonds is 5. The SMILES string of the molecule is COC(=O)c1ccc(N)c(NCCc2ccccc2F)n1. The number of pyridine rings is 1. The van der Waals surface area contributed by atoms with Crippen LogP contribution in [0.3, 0.4) is 0 Å². The van der Waals surface area contributed by atoms with Gasteiger partial charge in [-0.15, -0.1) is 0 Å². The molecule has 0 saturated heterocycles. The summed E-state index contributed by atoms with van der Waals surface area (Å²) < 4.78 is 18.1. The van der Waals surface area contributed by atoms with Gasteiger partial charge in [-0.1, -0.05) is 18.2 Å². The molecule has 2 aromatic rings. The molecule has 0 spiro atoms. The molecule has 0 atom stereocenters. The number of hydrogen-bond donors (Lipinski definition) is 2. The molecule has 0 radical (unpaired) electrons. The molecule has 21 heavy (non-hydrogen) atoms. The zero-order valence-corrected chi connectivity index (χ0v) is 11.6. The highest BCUT2D eigenvalue weighted by atomic mass is 19.1. The highest BCUT2D eigenvalue weighted by Crippen LogP contribution is 2.16. The van der Waals surface area contributed by atoms with Crippen molar-refractivity contribution >= 4 is 17.5 Å². The van der Waals surface area contributed by atoms with E-state index in [4.69, 9.17) is 5.73 Å². The molecule has 0 saturated carbocycles. The standard InChI is InChI=1S/C15H16FN3O2/c1-21-15(20)13-7-6-12(17)14(19-13)18-9-8-10-4-2-3-5-11(10)16/h2-7H,8-9,17H2,1H3,(H,18,19). The van der Waals surface area contributed by atoms with Gasteiger partial charge in [0.25, 0.3) is 0 Å². The van der Waals surface area contributed by atoms with Crippen LogP contribution in [-0.4, -0.2) is 24.6 Å². The Morgan fingerprint density at radius 1 is 1.33 bits per heavy atom. The quantitative estimate of drug-likeness (QED) is 0.825. The lowest BCUT2D eigenvalue weighted by molar-refractivity contribution is 0.0594. The Labute approximate surface area is 121 Å². The van der Waals surface area contributed by atoms with Crippen molar-refractivity contribution in [1.82, 2.24) is 4.98 Å². The molecule has 0 unspecified atom stereocenters. The fraction of sp³-hybridized carbons (Fsp3) is 0.200. The summed E-state index contributed by atoms with van der Waals surface area (Å²) in [7, 11) is 1.28. The van der Waals surface area contributed by atoms with Crippen LogP contribution in [0.1, 0.15) is 16.1 Å². The third kappa shape index (κ3) is 3.68. The minimum atomic E-state index is -0.535. The third-order valence-corrected chi connectivity index (χ3v) is 2.97. The predicted molar refractivity (Wildman–Crippen MR) is 78.6 cm³/mol. The number of hydrogen-bond acceptors (Lipinski definition) is 5. The molecule has 110 valence electrons. The van der Waals surface area contributed by atoms with Gasteiger partial charge in [-0.3, -0.25) is 0 Å². The van der Waals surface area contributed by atoms with Crippen molar-refractivity contribution in [3.63, 3.8) is 0 Å². The van der Waals surface area contributed by atoms with E-state index in [9.17, 15) is 9.18 Å². The predicted octanol–water partition coefficient (Wildman–Crippen LogP) is 2.24. The first-order valence-corrected chi connectivity index (χ1v) is 6.44. The van der Waals surface area contributed by atoms with Crippen LogP contribution in [-0.2, 0) is 11.2 Å². The highest BCUT2D eigenvalue weighted by molar-refractivity contribution is 5.88. The largest absolute Gasteiger partial charge is 0.464 e. The number of halogens is 1. The van der Waals surface area contributed by atoms with Gasteiger partial charge in [0.1, 0.15) is 11.6 Å². The Morgan fingerprint density at radius 2 is 2.10 bits per heavy atom. The summed E-state index contributed by atoms with van der Waals surface area (Å²) in [6, 6.07) is 9.63. The normalized spacial score (nSPS) is 10.2. The van der Waals surface area contributed by atoms with Crippen molar-refractivity contribution in [1.29, 1.82) is 0 Å². The Morgan fingerprint density at radius 3 is 2.81 bits per heavy atom. The van der Waals surface area contributed by atoms with Crippen molar-refractivity contribution < 1.29 is 13.9 Å². The molecule has 0 aliphatic rings. The molecule has 1 aromatic heterocycles. The Balaban J connectivity index is 2.03. The molecule has 0 aliphatic heterocycles. The zero-order chi connectivity index (χ0) is 15.2. The van der Waals surface area contributed by atoms with Gasteiger partial charge in [0.05, 0.1) is 12.8 Å². The van der Waals surface area contributed by atoms with Crippen LogP contribution in [0.25, 0.3) is 0 Å². The van der Waals surface area contributed by atoms with Gasteiger partial charge in [0.15, 0.2) is 5.69 Å². The number of carbonyl (C=O) groups excluding carboxylic acids is 1. The van der Waals surface area contributed by atoms with Crippen molar-refractivity contribution in [3.8, 4) is 0 Å². The molecule has 6 heteroatoms. The number of nitrogens with two attached hydrogens (primary N) is 1. The maximum Gasteiger partial charge on any atom is 0.356 e. The summed E-state index contributed by atoms with van der Waals surface area (Å²) in [4.78, 5) is 15.5. The Kier molecular flexibility index (Phi) is 4.71. The number of methoxy groups -OCH3 is 1. The maximum atomic E-state index is 13.5. The Hall–Kier alpha value is -2.63. The molecule has 0 fully saturated rings. The molecule has 0 bridgehead atoms. The number of esters is 1. The van der Waals surface area contributed by atoms with E-state index in [2.05, 4.69) is 15.0 Å². The van der Waals surface area contributed by atoms with Crippen molar-refractivity contribution in [2.75, 3.05) is 24.7 Å². The summed E-state index contributed by atoms with van der Waals surface area (Å²) in [5, 5.41) is 3.00. The molecule has 1 heterocycles. The van der Waals surface area contributed by atoms with Gasteiger partial charge in [-0.05, 0) is 30.2 Å². The number of nitrogen functional groups attached to an aromatic ring is 1. The second kappa shape index (κ2) is 6.69. The fourth-order valence-electron chi connectivity index (χ4n) is 1.85. The van der Waals surface area contributed by atoms with Crippen LogP contribution in [0.2, 0.25) is 0 Å². The zero-order valence-electron chi connectivity index (χ0n) is 11.6. The van der Waals surface area contributed by atoms with Crippen molar-refractivity contribution in [2.45, 2.75) is 6.42 Å². The van der Waals surface area contributed by atoms with Gasteiger partial charge in [-0.25, -0.2) is 14.2 Å². The maximum absolute atomic E-state index is 13.5. The van der Waals surface area contributed by atoms with E-state index in [1.807, 2.05) is 0 Å². The number of carbonyl (C=O) groups is 1. The average Bonchev–Trinajstić information content (AvgIpc) is 2.50. The van der Waals surface area contributed by atoms with Crippen LogP contribution in [0, 0.1) is 5.82 Å². The van der Waals surface area contributed by atoms with Crippen molar-refractivity contribution in [3.05, 3.63) is 53.5 Å². The number of benzene rings is 1. The first kappa shape index (κ1) is 14.8. The molecular formula is C15H16FN3O2. The van der Waals surface area contributed by atoms with Crippen molar-refractivity contribution in [2.24, 2.45) is 0 Å². The minimum Gasteiger partial charge on any atom is -0.464 e. The molecule has 2 rings (SSSR count). The van der Waals surface area contributed by atoms with Gasteiger partial charge in [-0.2, -0.15) is 0 Å². The van der Waals surface area contributed by atoms with Gasteiger partial charge < -0.3 is 15.8 Å². The first-order valence-electron chi connectivity index (χ1n) is 6.44. The number of nitrogens with one attached hydrogen (secondary N) is 1.